The Labute approximate surface area is 623 Å². The Morgan fingerprint density at radius 1 is 0.449 bits per heavy atom. The van der Waals surface area contributed by atoms with E-state index in [0.717, 1.165) is 128 Å². The van der Waals surface area contributed by atoms with Gasteiger partial charge in [-0.05, 0) is 148 Å². The third-order valence-corrected chi connectivity index (χ3v) is 21.9. The van der Waals surface area contributed by atoms with E-state index in [1.807, 2.05) is 37.2 Å². The topological polar surface area (TPSA) is 287 Å². The number of likely N-dealkylation sites (tertiary alicyclic amines) is 1. The number of nitrogens with one attached hydrogen (secondary N) is 3. The van der Waals surface area contributed by atoms with Gasteiger partial charge < -0.3 is 43.2 Å². The van der Waals surface area contributed by atoms with Crippen LogP contribution in [0.5, 0.6) is 11.5 Å². The summed E-state index contributed by atoms with van der Waals surface area (Å²) in [6.45, 7) is 9.09. The Kier molecular flexibility index (Phi) is 19.9. The number of piperidine rings is 4. The predicted octanol–water partition coefficient (Wildman–Crippen LogP) is 8.55. The summed E-state index contributed by atoms with van der Waals surface area (Å²) in [4.78, 5) is 125. The summed E-state index contributed by atoms with van der Waals surface area (Å²) in [6, 6.07) is 33.3. The van der Waals surface area contributed by atoms with E-state index in [4.69, 9.17) is 28.9 Å². The number of halogens is 1. The van der Waals surface area contributed by atoms with Crippen molar-refractivity contribution in [3.63, 3.8) is 0 Å². The Balaban J connectivity index is 0.000000136. The number of anilines is 2. The zero-order chi connectivity index (χ0) is 73.6. The number of ether oxygens (including phenoxy) is 4. The lowest BCUT2D eigenvalue weighted by atomic mass is 10.0. The number of hydrogen-bond acceptors (Lipinski definition) is 20. The van der Waals surface area contributed by atoms with Crippen LogP contribution in [-0.2, 0) is 42.7 Å². The van der Waals surface area contributed by atoms with Crippen LogP contribution in [-0.4, -0.2) is 205 Å². The summed E-state index contributed by atoms with van der Waals surface area (Å²) in [6.07, 6.45) is 17.3. The minimum Gasteiger partial charge on any atom is -0.493 e. The summed E-state index contributed by atoms with van der Waals surface area (Å²) < 4.78 is 28.5. The molecule has 10 aromatic rings. The molecule has 2 atom stereocenters. The number of imide groups is 4. The largest absolute Gasteiger partial charge is 0.493 e. The smallest absolute Gasteiger partial charge is 0.262 e. The molecule has 27 heteroatoms. The normalized spacial score (nSPS) is 19.5. The summed E-state index contributed by atoms with van der Waals surface area (Å²) in [5, 5.41) is 13.2. The molecule has 0 spiro atoms. The zero-order valence-electron chi connectivity index (χ0n) is 59.2. The SMILES string of the molecule is Cn1c2ccncc2c2ccc(-c3ccc(N4CC(OC5CCN(CCOc6ccc7c(c6)C(=O)N(C6CCC(=O)NC6=O)C7=O)CC5)C4)nc3)cc21.Cn1c2ccncc2c2ccc(-c3ccc(N4CC(OC5CCNCC5)C4)nc3)cc21.O=C1CCC(N2C(=O)c3ccc(OCCBr)cc3C2=O)C(=O)N1. The maximum Gasteiger partial charge on any atom is 0.262 e. The monoisotopic (exact) mass is 1510 g/mol. The van der Waals surface area contributed by atoms with Crippen molar-refractivity contribution in [2.24, 2.45) is 14.1 Å². The lowest BCUT2D eigenvalue weighted by Crippen LogP contribution is -2.54. The van der Waals surface area contributed by atoms with Crippen molar-refractivity contribution in [2.45, 2.75) is 87.9 Å². The van der Waals surface area contributed by atoms with Crippen LogP contribution >= 0.6 is 15.9 Å². The molecule has 4 aromatic carbocycles. The van der Waals surface area contributed by atoms with Crippen LogP contribution in [0, 0.1) is 0 Å². The van der Waals surface area contributed by atoms with E-state index in [9.17, 15) is 38.4 Å². The van der Waals surface area contributed by atoms with E-state index in [1.165, 1.54) is 55.9 Å². The Morgan fingerprint density at radius 2 is 0.897 bits per heavy atom. The van der Waals surface area contributed by atoms with Gasteiger partial charge in [-0.15, -0.1) is 0 Å². The number of hydrogen-bond donors (Lipinski definition) is 3. The van der Waals surface area contributed by atoms with Crippen molar-refractivity contribution in [2.75, 3.05) is 87.2 Å². The van der Waals surface area contributed by atoms with Gasteiger partial charge in [0.15, 0.2) is 0 Å². The van der Waals surface area contributed by atoms with Crippen LogP contribution in [0.2, 0.25) is 0 Å². The van der Waals surface area contributed by atoms with Crippen molar-refractivity contribution in [3.05, 3.63) is 169 Å². The number of aryl methyl sites for hydroxylation is 2. The molecular weight excluding hydrogens is 1430 g/mol. The molecule has 2 unspecified atom stereocenters. The third-order valence-electron chi connectivity index (χ3n) is 21.6. The van der Waals surface area contributed by atoms with Crippen molar-refractivity contribution in [1.29, 1.82) is 0 Å². The lowest BCUT2D eigenvalue weighted by Gasteiger charge is -2.43. The molecule has 0 aliphatic carbocycles. The molecule has 26 nitrogen and oxygen atoms in total. The molecule has 6 aromatic heterocycles. The van der Waals surface area contributed by atoms with Crippen molar-refractivity contribution in [3.8, 4) is 33.8 Å². The standard InChI is InChI=1S/C40H39N7O6.C25H27N5O.C15H13BrN2O5/c1-44-33-10-13-41-21-32(33)29-5-2-24(18-35(29)44)25-3-8-36(42-20-25)46-22-28(23-46)53-26-11-14-45(15-12-26)16-17-52-27-4-6-30-31(19-27)40(51)47(39(30)50)34-7-9-37(48)43-38(34)49;1-29-23-8-11-27-14-22(23)21-4-2-17(12-24(21)29)18-3-5-25(28-13-18)30-15-20(16-30)31-19-6-9-26-10-7-19;16-5-6-23-8-1-2-9-10(7-8)15(22)18(14(9)21)11-3-4-12(19)17-13(11)20/h2-6,8,10,13,18-21,26,28,34H,7,9,11-12,14-17,22-23H2,1H3,(H,43,48,49);2-5,8,11-14,19-20,26H,6-7,9-10,15-16H2,1H3;1-2,7,11H,3-6H2,(H,17,19,20). The number of amides is 8. The van der Waals surface area contributed by atoms with Crippen LogP contribution in [0.4, 0.5) is 11.6 Å². The Morgan fingerprint density at radius 3 is 1.35 bits per heavy atom. The van der Waals surface area contributed by atoms with Gasteiger partial charge >= 0.3 is 0 Å². The first-order chi connectivity index (χ1) is 52.1. The van der Waals surface area contributed by atoms with Gasteiger partial charge in [0.25, 0.3) is 23.6 Å². The summed E-state index contributed by atoms with van der Waals surface area (Å²) in [5.74, 6) is -1.20. The highest BCUT2D eigenvalue weighted by Gasteiger charge is 2.47. The second-order valence-corrected chi connectivity index (χ2v) is 29.0. The fourth-order valence-corrected chi connectivity index (χ4v) is 15.8. The molecule has 6 saturated heterocycles. The molecule has 18 rings (SSSR count). The first-order valence-corrected chi connectivity index (χ1v) is 37.6. The fraction of sp³-hybridized carbons (Fsp3) is 0.350. The molecule has 107 heavy (non-hydrogen) atoms. The molecule has 0 bridgehead atoms. The molecule has 548 valence electrons. The van der Waals surface area contributed by atoms with Gasteiger partial charge in [-0.2, -0.15) is 0 Å². The molecule has 8 aliphatic heterocycles. The van der Waals surface area contributed by atoms with Crippen LogP contribution in [0.25, 0.3) is 65.9 Å². The number of fused-ring (bicyclic) bond motifs is 8. The summed E-state index contributed by atoms with van der Waals surface area (Å²) >= 11 is 3.24. The molecule has 6 fully saturated rings. The highest BCUT2D eigenvalue weighted by atomic mass is 79.9. The highest BCUT2D eigenvalue weighted by Crippen LogP contribution is 2.37. The van der Waals surface area contributed by atoms with Gasteiger partial charge in [-0.1, -0.05) is 40.2 Å². The molecule has 0 saturated carbocycles. The van der Waals surface area contributed by atoms with E-state index in [1.54, 1.807) is 24.3 Å². The summed E-state index contributed by atoms with van der Waals surface area (Å²) in [5.41, 5.74) is 10.2. The van der Waals surface area contributed by atoms with Crippen LogP contribution in [0.1, 0.15) is 92.8 Å². The quantitative estimate of drug-likeness (QED) is 0.0568. The van der Waals surface area contributed by atoms with Crippen molar-refractivity contribution < 1.29 is 57.3 Å². The van der Waals surface area contributed by atoms with Crippen molar-refractivity contribution in [1.82, 2.24) is 59.7 Å². The van der Waals surface area contributed by atoms with E-state index in [0.29, 0.717) is 42.3 Å². The van der Waals surface area contributed by atoms with E-state index in [2.05, 4.69) is 153 Å². The first-order valence-electron chi connectivity index (χ1n) is 36.4. The maximum atomic E-state index is 13.1. The molecule has 14 heterocycles. The second-order valence-electron chi connectivity index (χ2n) is 28.2. The molecule has 8 amide bonds. The Bertz CT molecular complexity index is 5160. The van der Waals surface area contributed by atoms with Gasteiger partial charge in [0.05, 0.1) is 64.3 Å². The number of alkyl halides is 1. The fourth-order valence-electron chi connectivity index (χ4n) is 15.7. The van der Waals surface area contributed by atoms with Crippen LogP contribution in [0.15, 0.2) is 146 Å². The number of benzene rings is 4. The predicted molar refractivity (Wildman–Crippen MR) is 403 cm³/mol. The number of pyridine rings is 4. The molecule has 0 radical (unpaired) electrons. The lowest BCUT2D eigenvalue weighted by molar-refractivity contribution is -0.137. The molecule has 3 N–H and O–H groups in total. The van der Waals surface area contributed by atoms with Gasteiger partial charge in [-0.25, -0.2) is 9.97 Å². The number of aromatic nitrogens is 6. The minimum absolute atomic E-state index is 0.0823. The van der Waals surface area contributed by atoms with E-state index < -0.39 is 59.3 Å². The van der Waals surface area contributed by atoms with E-state index in [-0.39, 0.29) is 60.1 Å². The third kappa shape index (κ3) is 14.2. The van der Waals surface area contributed by atoms with Crippen LogP contribution in [0.3, 0.4) is 0 Å². The number of carbonyl (C=O) groups is 8. The van der Waals surface area contributed by atoms with Gasteiger partial charge in [0.2, 0.25) is 23.6 Å². The average molecular weight is 1510 g/mol. The molecular formula is C80H79BrN14O12. The number of rotatable bonds is 17. The first kappa shape index (κ1) is 70.5. The highest BCUT2D eigenvalue weighted by molar-refractivity contribution is 9.09. The van der Waals surface area contributed by atoms with Crippen molar-refractivity contribution >= 4 is 118 Å². The van der Waals surface area contributed by atoms with E-state index >= 15 is 0 Å². The van der Waals surface area contributed by atoms with Gasteiger partial charge in [-0.3, -0.25) is 73.7 Å². The number of carbonyl (C=O) groups excluding carboxylic acids is 8. The number of nitrogens with zero attached hydrogens (tertiary/aromatic N) is 11. The second kappa shape index (κ2) is 30.2. The maximum absolute atomic E-state index is 13.1. The minimum atomic E-state index is -0.989. The summed E-state index contributed by atoms with van der Waals surface area (Å²) in [7, 11) is 4.21. The van der Waals surface area contributed by atoms with Gasteiger partial charge in [0, 0.05) is 159 Å². The average Bonchev–Trinajstić information content (AvgIpc) is 1.61. The van der Waals surface area contributed by atoms with Gasteiger partial charge in [0.1, 0.15) is 41.8 Å². The zero-order valence-corrected chi connectivity index (χ0v) is 60.7. The van der Waals surface area contributed by atoms with Crippen LogP contribution < -0.4 is 35.2 Å². The molecule has 8 aliphatic rings. The Hall–Kier alpha value is -10.8.